The second-order valence-corrected chi connectivity index (χ2v) is 4.21. The van der Waals surface area contributed by atoms with Crippen molar-refractivity contribution in [3.8, 4) is 0 Å². The van der Waals surface area contributed by atoms with E-state index in [9.17, 15) is 0 Å². The number of anilines is 2. The SMILES string of the molecule is Cc1ccc(N)c(N(C)Cc2ccccc2)n1. The first-order valence-corrected chi connectivity index (χ1v) is 5.65. The van der Waals surface area contributed by atoms with Crippen LogP contribution in [0.3, 0.4) is 0 Å². The third kappa shape index (κ3) is 2.75. The largest absolute Gasteiger partial charge is 0.396 e. The number of aromatic nitrogens is 1. The maximum absolute atomic E-state index is 5.94. The maximum Gasteiger partial charge on any atom is 0.152 e. The lowest BCUT2D eigenvalue weighted by molar-refractivity contribution is 0.895. The molecule has 1 heterocycles. The number of benzene rings is 1. The molecule has 0 fully saturated rings. The van der Waals surface area contributed by atoms with Gasteiger partial charge in [0.2, 0.25) is 0 Å². The summed E-state index contributed by atoms with van der Waals surface area (Å²) in [7, 11) is 2.01. The number of hydrogen-bond acceptors (Lipinski definition) is 3. The fourth-order valence-electron chi connectivity index (χ4n) is 1.79. The molecule has 2 rings (SSSR count). The van der Waals surface area contributed by atoms with E-state index in [-0.39, 0.29) is 0 Å². The van der Waals surface area contributed by atoms with Gasteiger partial charge in [0.25, 0.3) is 0 Å². The summed E-state index contributed by atoms with van der Waals surface area (Å²) >= 11 is 0. The fraction of sp³-hybridized carbons (Fsp3) is 0.214. The van der Waals surface area contributed by atoms with E-state index in [1.165, 1.54) is 5.56 Å². The van der Waals surface area contributed by atoms with Crippen molar-refractivity contribution in [1.29, 1.82) is 0 Å². The smallest absolute Gasteiger partial charge is 0.152 e. The normalized spacial score (nSPS) is 10.2. The molecule has 0 aliphatic heterocycles. The highest BCUT2D eigenvalue weighted by atomic mass is 15.2. The van der Waals surface area contributed by atoms with E-state index in [1.54, 1.807) is 0 Å². The summed E-state index contributed by atoms with van der Waals surface area (Å²) in [6.07, 6.45) is 0. The Balaban J connectivity index is 2.20. The van der Waals surface area contributed by atoms with Crippen molar-refractivity contribution in [3.63, 3.8) is 0 Å². The van der Waals surface area contributed by atoms with E-state index < -0.39 is 0 Å². The van der Waals surface area contributed by atoms with Crippen LogP contribution in [0.5, 0.6) is 0 Å². The molecular formula is C14H17N3. The van der Waals surface area contributed by atoms with Gasteiger partial charge in [-0.2, -0.15) is 0 Å². The number of nitrogen functional groups attached to an aromatic ring is 1. The second kappa shape index (κ2) is 4.87. The molecule has 0 amide bonds. The van der Waals surface area contributed by atoms with Gasteiger partial charge in [-0.1, -0.05) is 30.3 Å². The molecular weight excluding hydrogens is 210 g/mol. The predicted octanol–water partition coefficient (Wildman–Crippen LogP) is 2.61. The van der Waals surface area contributed by atoms with Gasteiger partial charge in [-0.25, -0.2) is 4.98 Å². The standard InChI is InChI=1S/C14H17N3/c1-11-8-9-13(15)14(16-11)17(2)10-12-6-4-3-5-7-12/h3-9H,10,15H2,1-2H3. The van der Waals surface area contributed by atoms with Gasteiger partial charge in [0, 0.05) is 19.3 Å². The Morgan fingerprint density at radius 3 is 2.53 bits per heavy atom. The average Bonchev–Trinajstić information content (AvgIpc) is 2.33. The van der Waals surface area contributed by atoms with Gasteiger partial charge in [0.1, 0.15) is 0 Å². The molecule has 2 aromatic rings. The van der Waals surface area contributed by atoms with E-state index >= 15 is 0 Å². The van der Waals surface area contributed by atoms with Crippen LogP contribution in [0.25, 0.3) is 0 Å². The third-order valence-corrected chi connectivity index (χ3v) is 2.67. The zero-order valence-corrected chi connectivity index (χ0v) is 10.2. The Labute approximate surface area is 102 Å². The highest BCUT2D eigenvalue weighted by Gasteiger charge is 2.07. The molecule has 1 aromatic carbocycles. The van der Waals surface area contributed by atoms with Crippen LogP contribution in [0.15, 0.2) is 42.5 Å². The number of rotatable bonds is 3. The molecule has 0 bridgehead atoms. The summed E-state index contributed by atoms with van der Waals surface area (Å²) in [5.74, 6) is 0.842. The lowest BCUT2D eigenvalue weighted by Crippen LogP contribution is -2.19. The first-order valence-electron chi connectivity index (χ1n) is 5.65. The maximum atomic E-state index is 5.94. The monoisotopic (exact) mass is 227 g/mol. The number of nitrogens with zero attached hydrogens (tertiary/aromatic N) is 2. The molecule has 3 heteroatoms. The summed E-state index contributed by atoms with van der Waals surface area (Å²) in [4.78, 5) is 6.54. The summed E-state index contributed by atoms with van der Waals surface area (Å²) < 4.78 is 0. The minimum Gasteiger partial charge on any atom is -0.396 e. The summed E-state index contributed by atoms with van der Waals surface area (Å²) in [6, 6.07) is 14.1. The molecule has 0 saturated heterocycles. The third-order valence-electron chi connectivity index (χ3n) is 2.67. The molecule has 3 nitrogen and oxygen atoms in total. The van der Waals surface area contributed by atoms with E-state index in [1.807, 2.05) is 44.3 Å². The first-order chi connectivity index (χ1) is 8.16. The number of pyridine rings is 1. The molecule has 0 aliphatic carbocycles. The molecule has 0 radical (unpaired) electrons. The number of aryl methyl sites for hydroxylation is 1. The van der Waals surface area contributed by atoms with Crippen LogP contribution in [-0.4, -0.2) is 12.0 Å². The number of hydrogen-bond donors (Lipinski definition) is 1. The highest BCUT2D eigenvalue weighted by Crippen LogP contribution is 2.20. The van der Waals surface area contributed by atoms with Gasteiger partial charge >= 0.3 is 0 Å². The van der Waals surface area contributed by atoms with Crippen molar-refractivity contribution in [2.75, 3.05) is 17.7 Å². The molecule has 0 spiro atoms. The van der Waals surface area contributed by atoms with Gasteiger partial charge in [0.15, 0.2) is 5.82 Å². The van der Waals surface area contributed by atoms with Crippen LogP contribution < -0.4 is 10.6 Å². The summed E-state index contributed by atoms with van der Waals surface area (Å²) in [5.41, 5.74) is 8.89. The second-order valence-electron chi connectivity index (χ2n) is 4.21. The van der Waals surface area contributed by atoms with Gasteiger partial charge in [0.05, 0.1) is 5.69 Å². The minimum absolute atomic E-state index is 0.717. The Hall–Kier alpha value is -2.03. The Morgan fingerprint density at radius 1 is 1.12 bits per heavy atom. The zero-order valence-electron chi connectivity index (χ0n) is 10.2. The van der Waals surface area contributed by atoms with Gasteiger partial charge in [-0.3, -0.25) is 0 Å². The first kappa shape index (κ1) is 11.5. The highest BCUT2D eigenvalue weighted by molar-refractivity contribution is 5.62. The van der Waals surface area contributed by atoms with Crippen LogP contribution >= 0.6 is 0 Å². The average molecular weight is 227 g/mol. The molecule has 0 saturated carbocycles. The van der Waals surface area contributed by atoms with Crippen molar-refractivity contribution in [2.24, 2.45) is 0 Å². The molecule has 1 aromatic heterocycles. The van der Waals surface area contributed by atoms with Crippen LogP contribution in [-0.2, 0) is 6.54 Å². The van der Waals surface area contributed by atoms with Crippen molar-refractivity contribution in [1.82, 2.24) is 4.98 Å². The Kier molecular flexibility index (Phi) is 3.28. The summed E-state index contributed by atoms with van der Waals surface area (Å²) in [5, 5.41) is 0. The fourth-order valence-corrected chi connectivity index (χ4v) is 1.79. The van der Waals surface area contributed by atoms with Crippen molar-refractivity contribution < 1.29 is 0 Å². The Morgan fingerprint density at radius 2 is 1.82 bits per heavy atom. The quantitative estimate of drug-likeness (QED) is 0.876. The molecule has 17 heavy (non-hydrogen) atoms. The molecule has 88 valence electrons. The van der Waals surface area contributed by atoms with Crippen molar-refractivity contribution >= 4 is 11.5 Å². The lowest BCUT2D eigenvalue weighted by atomic mass is 10.2. The van der Waals surface area contributed by atoms with Gasteiger partial charge in [-0.15, -0.1) is 0 Å². The topological polar surface area (TPSA) is 42.1 Å². The zero-order chi connectivity index (χ0) is 12.3. The molecule has 0 atom stereocenters. The Bertz CT molecular complexity index is 494. The predicted molar refractivity (Wildman–Crippen MR) is 71.9 cm³/mol. The van der Waals surface area contributed by atoms with Crippen LogP contribution in [0.2, 0.25) is 0 Å². The lowest BCUT2D eigenvalue weighted by Gasteiger charge is -2.20. The van der Waals surface area contributed by atoms with Crippen LogP contribution in [0.1, 0.15) is 11.3 Å². The molecule has 0 aliphatic rings. The summed E-state index contributed by atoms with van der Waals surface area (Å²) in [6.45, 7) is 2.78. The molecule has 0 unspecified atom stereocenters. The van der Waals surface area contributed by atoms with Crippen LogP contribution in [0, 0.1) is 6.92 Å². The van der Waals surface area contributed by atoms with Crippen molar-refractivity contribution in [2.45, 2.75) is 13.5 Å². The van der Waals surface area contributed by atoms with Gasteiger partial charge in [-0.05, 0) is 24.6 Å². The van der Waals surface area contributed by atoms with Crippen molar-refractivity contribution in [3.05, 3.63) is 53.7 Å². The van der Waals surface area contributed by atoms with E-state index in [4.69, 9.17) is 5.73 Å². The van der Waals surface area contributed by atoms with Gasteiger partial charge < -0.3 is 10.6 Å². The van der Waals surface area contributed by atoms with E-state index in [0.29, 0.717) is 5.69 Å². The molecule has 2 N–H and O–H groups in total. The van der Waals surface area contributed by atoms with E-state index in [0.717, 1.165) is 18.1 Å². The minimum atomic E-state index is 0.717. The van der Waals surface area contributed by atoms with Crippen LogP contribution in [0.4, 0.5) is 11.5 Å². The van der Waals surface area contributed by atoms with E-state index in [2.05, 4.69) is 22.0 Å². The number of nitrogens with two attached hydrogens (primary N) is 1.